The Balaban J connectivity index is 1.82. The van der Waals surface area contributed by atoms with Gasteiger partial charge in [0.15, 0.2) is 5.76 Å². The Labute approximate surface area is 196 Å². The van der Waals surface area contributed by atoms with Crippen LogP contribution in [0, 0.1) is 5.82 Å². The van der Waals surface area contributed by atoms with Gasteiger partial charge in [0, 0.05) is 11.7 Å². The molecule has 0 saturated heterocycles. The van der Waals surface area contributed by atoms with Crippen molar-refractivity contribution in [3.05, 3.63) is 83.0 Å². The Kier molecular flexibility index (Phi) is 6.99. The number of furan rings is 1. The summed E-state index contributed by atoms with van der Waals surface area (Å²) in [4.78, 5) is 28.5. The molecular formula is C25H24ClFN2O4. The quantitative estimate of drug-likeness (QED) is 0.493. The summed E-state index contributed by atoms with van der Waals surface area (Å²) in [5.74, 6) is -0.857. The second-order valence-corrected chi connectivity index (χ2v) is 8.32. The normalized spacial score (nSPS) is 14.6. The molecule has 0 radical (unpaired) electrons. The molecule has 6 nitrogen and oxygen atoms in total. The van der Waals surface area contributed by atoms with Crippen LogP contribution in [-0.2, 0) is 4.79 Å². The van der Waals surface area contributed by atoms with E-state index in [1.54, 1.807) is 37.4 Å². The number of methoxy groups -OCH3 is 1. The van der Waals surface area contributed by atoms with E-state index in [4.69, 9.17) is 20.8 Å². The van der Waals surface area contributed by atoms with Gasteiger partial charge >= 0.3 is 0 Å². The number of carbonyl (C=O) groups is 2. The first kappa shape index (κ1) is 22.9. The fourth-order valence-electron chi connectivity index (χ4n) is 4.09. The second kappa shape index (κ2) is 10.1. The molecule has 0 spiro atoms. The number of nitrogens with zero attached hydrogens (tertiary/aromatic N) is 1. The van der Waals surface area contributed by atoms with Crippen LogP contribution < -0.4 is 15.0 Å². The third kappa shape index (κ3) is 5.03. The molecule has 0 bridgehead atoms. The highest BCUT2D eigenvalue weighted by Gasteiger charge is 2.36. The molecule has 4 rings (SSSR count). The Morgan fingerprint density at radius 3 is 2.48 bits per heavy atom. The van der Waals surface area contributed by atoms with Crippen molar-refractivity contribution in [2.75, 3.05) is 12.0 Å². The van der Waals surface area contributed by atoms with Crippen molar-refractivity contribution in [1.29, 1.82) is 0 Å². The van der Waals surface area contributed by atoms with E-state index < -0.39 is 17.8 Å². The highest BCUT2D eigenvalue weighted by Crippen LogP contribution is 2.33. The zero-order valence-corrected chi connectivity index (χ0v) is 18.8. The topological polar surface area (TPSA) is 71.8 Å². The van der Waals surface area contributed by atoms with Crippen molar-refractivity contribution in [2.24, 2.45) is 0 Å². The number of nitrogens with one attached hydrogen (secondary N) is 1. The number of hydrogen-bond acceptors (Lipinski definition) is 4. The van der Waals surface area contributed by atoms with Crippen LogP contribution in [0.25, 0.3) is 0 Å². The van der Waals surface area contributed by atoms with E-state index in [1.165, 1.54) is 35.4 Å². The average molecular weight is 471 g/mol. The molecule has 1 aromatic heterocycles. The first-order valence-electron chi connectivity index (χ1n) is 10.7. The maximum absolute atomic E-state index is 13.9. The molecule has 0 aliphatic heterocycles. The number of halogens is 2. The molecule has 3 aromatic rings. The lowest BCUT2D eigenvalue weighted by Crippen LogP contribution is -2.46. The predicted molar refractivity (Wildman–Crippen MR) is 123 cm³/mol. The van der Waals surface area contributed by atoms with Gasteiger partial charge in [0.2, 0.25) is 5.91 Å². The lowest BCUT2D eigenvalue weighted by Gasteiger charge is -2.32. The number of hydrogen-bond donors (Lipinski definition) is 1. The monoisotopic (exact) mass is 470 g/mol. The zero-order valence-electron chi connectivity index (χ0n) is 18.1. The number of benzene rings is 2. The molecule has 1 atom stereocenters. The maximum atomic E-state index is 13.9. The highest BCUT2D eigenvalue weighted by molar-refractivity contribution is 6.31. The Bertz CT molecular complexity index is 1110. The van der Waals surface area contributed by atoms with Crippen molar-refractivity contribution in [2.45, 2.75) is 37.8 Å². The number of carbonyl (C=O) groups excluding carboxylic acids is 2. The predicted octanol–water partition coefficient (Wildman–Crippen LogP) is 5.53. The second-order valence-electron chi connectivity index (χ2n) is 7.92. The van der Waals surface area contributed by atoms with Gasteiger partial charge < -0.3 is 14.5 Å². The average Bonchev–Trinajstić information content (AvgIpc) is 3.54. The van der Waals surface area contributed by atoms with E-state index in [9.17, 15) is 14.0 Å². The minimum Gasteiger partial charge on any atom is -0.497 e. The van der Waals surface area contributed by atoms with Gasteiger partial charge in [-0.05, 0) is 60.9 Å². The van der Waals surface area contributed by atoms with E-state index in [0.29, 0.717) is 11.3 Å². The Morgan fingerprint density at radius 1 is 1.15 bits per heavy atom. The minimum absolute atomic E-state index is 0.0376. The van der Waals surface area contributed by atoms with E-state index >= 15 is 0 Å². The molecule has 33 heavy (non-hydrogen) atoms. The van der Waals surface area contributed by atoms with Crippen LogP contribution in [0.5, 0.6) is 5.75 Å². The van der Waals surface area contributed by atoms with Gasteiger partial charge in [-0.1, -0.05) is 36.6 Å². The van der Waals surface area contributed by atoms with Crippen LogP contribution in [-0.4, -0.2) is 25.0 Å². The van der Waals surface area contributed by atoms with E-state index in [0.717, 1.165) is 25.7 Å². The van der Waals surface area contributed by atoms with Crippen LogP contribution in [0.1, 0.15) is 47.8 Å². The molecule has 2 aromatic carbocycles. The van der Waals surface area contributed by atoms with Gasteiger partial charge in [0.1, 0.15) is 17.6 Å². The highest BCUT2D eigenvalue weighted by atomic mass is 35.5. The molecule has 1 fully saturated rings. The lowest BCUT2D eigenvalue weighted by molar-refractivity contribution is -0.123. The molecule has 2 amide bonds. The summed E-state index contributed by atoms with van der Waals surface area (Å²) in [5.41, 5.74) is 0.830. The number of rotatable bonds is 7. The van der Waals surface area contributed by atoms with Crippen molar-refractivity contribution in [3.63, 3.8) is 0 Å². The van der Waals surface area contributed by atoms with E-state index in [-0.39, 0.29) is 28.4 Å². The van der Waals surface area contributed by atoms with Gasteiger partial charge in [0.25, 0.3) is 5.91 Å². The molecule has 1 aliphatic rings. The van der Waals surface area contributed by atoms with Gasteiger partial charge in [-0.25, -0.2) is 4.39 Å². The smallest absolute Gasteiger partial charge is 0.294 e. The SMILES string of the molecule is COc1ccc([C@H](C(=O)NC2CCCC2)N(C(=O)c2ccco2)c2ccc(F)c(Cl)c2)cc1. The molecule has 0 unspecified atom stereocenters. The van der Waals surface area contributed by atoms with Gasteiger partial charge in [-0.15, -0.1) is 0 Å². The summed E-state index contributed by atoms with van der Waals surface area (Å²) in [6.07, 6.45) is 5.23. The Morgan fingerprint density at radius 2 is 1.88 bits per heavy atom. The molecular weight excluding hydrogens is 447 g/mol. The lowest BCUT2D eigenvalue weighted by atomic mass is 10.0. The molecule has 8 heteroatoms. The summed E-state index contributed by atoms with van der Waals surface area (Å²) >= 11 is 6.04. The summed E-state index contributed by atoms with van der Waals surface area (Å²) in [7, 11) is 1.55. The van der Waals surface area contributed by atoms with Crippen LogP contribution in [0.15, 0.2) is 65.3 Å². The Hall–Kier alpha value is -3.32. The van der Waals surface area contributed by atoms with Crippen molar-refractivity contribution in [3.8, 4) is 5.75 Å². The maximum Gasteiger partial charge on any atom is 0.294 e. The fraction of sp³-hybridized carbons (Fsp3) is 0.280. The van der Waals surface area contributed by atoms with Gasteiger partial charge in [-0.3, -0.25) is 14.5 Å². The third-order valence-corrected chi connectivity index (χ3v) is 6.06. The molecule has 1 aliphatic carbocycles. The van der Waals surface area contributed by atoms with Crippen LogP contribution >= 0.6 is 11.6 Å². The molecule has 1 saturated carbocycles. The molecule has 1 N–H and O–H groups in total. The van der Waals surface area contributed by atoms with Crippen molar-refractivity contribution < 1.29 is 23.1 Å². The minimum atomic E-state index is -1.05. The molecule has 1 heterocycles. The first-order valence-corrected chi connectivity index (χ1v) is 11.1. The van der Waals surface area contributed by atoms with Gasteiger partial charge in [0.05, 0.1) is 18.4 Å². The van der Waals surface area contributed by atoms with Gasteiger partial charge in [-0.2, -0.15) is 0 Å². The largest absolute Gasteiger partial charge is 0.497 e. The van der Waals surface area contributed by atoms with Crippen LogP contribution in [0.2, 0.25) is 5.02 Å². The third-order valence-electron chi connectivity index (χ3n) is 5.77. The van der Waals surface area contributed by atoms with Crippen molar-refractivity contribution >= 4 is 29.1 Å². The number of amides is 2. The fourth-order valence-corrected chi connectivity index (χ4v) is 4.27. The first-order chi connectivity index (χ1) is 16.0. The van der Waals surface area contributed by atoms with Crippen LogP contribution in [0.3, 0.4) is 0 Å². The summed E-state index contributed by atoms with van der Waals surface area (Å²) in [6.45, 7) is 0. The van der Waals surface area contributed by atoms with Crippen molar-refractivity contribution in [1.82, 2.24) is 5.32 Å². The van der Waals surface area contributed by atoms with E-state index in [1.807, 2.05) is 0 Å². The summed E-state index contributed by atoms with van der Waals surface area (Å²) < 4.78 is 24.5. The zero-order chi connectivity index (χ0) is 23.4. The summed E-state index contributed by atoms with van der Waals surface area (Å²) in [6, 6.07) is 12.9. The van der Waals surface area contributed by atoms with Crippen LogP contribution in [0.4, 0.5) is 10.1 Å². The number of ether oxygens (including phenoxy) is 1. The van der Waals surface area contributed by atoms with E-state index in [2.05, 4.69) is 5.32 Å². The number of anilines is 1. The standard InChI is InChI=1S/C25H24ClFN2O4/c1-32-19-11-8-16(9-12-19)23(24(30)28-17-5-2-3-6-17)29(25(31)22-7-4-14-33-22)18-10-13-21(27)20(26)15-18/h4,7-15,17,23H,2-3,5-6H2,1H3,(H,28,30)/t23-/m1/s1. The summed E-state index contributed by atoms with van der Waals surface area (Å²) in [5, 5.41) is 2.92. The molecule has 172 valence electrons.